The lowest BCUT2D eigenvalue weighted by Crippen LogP contribution is -2.39. The maximum absolute atomic E-state index is 10.6. The highest BCUT2D eigenvalue weighted by atomic mass is 16.1. The lowest BCUT2D eigenvalue weighted by molar-refractivity contribution is -0.120. The molecule has 0 heterocycles. The second-order valence-corrected chi connectivity index (χ2v) is 2.87. The summed E-state index contributed by atoms with van der Waals surface area (Å²) in [6.07, 6.45) is 0.811. The number of hydrogen-bond donors (Lipinski definition) is 2. The minimum Gasteiger partial charge on any atom is -0.368 e. The zero-order valence-electron chi connectivity index (χ0n) is 6.85. The maximum atomic E-state index is 10.6. The first kappa shape index (κ1) is 9.43. The number of carbonyl (C=O) groups excluding carboxylic acids is 1. The fourth-order valence-electron chi connectivity index (χ4n) is 0.848. The lowest BCUT2D eigenvalue weighted by Gasteiger charge is -2.13. The Hall–Kier alpha value is -0.570. The second-order valence-electron chi connectivity index (χ2n) is 2.87. The third-order valence-electron chi connectivity index (χ3n) is 1.40. The van der Waals surface area contributed by atoms with Crippen molar-refractivity contribution in [2.24, 2.45) is 11.7 Å². The van der Waals surface area contributed by atoms with E-state index in [1.165, 1.54) is 0 Å². The summed E-state index contributed by atoms with van der Waals surface area (Å²) in [5, 5.41) is 2.86. The van der Waals surface area contributed by atoms with Crippen molar-refractivity contribution in [2.75, 3.05) is 7.05 Å². The molecule has 0 saturated heterocycles. The summed E-state index contributed by atoms with van der Waals surface area (Å²) < 4.78 is 0. The van der Waals surface area contributed by atoms with E-state index in [0.29, 0.717) is 5.92 Å². The Morgan fingerprint density at radius 3 is 2.20 bits per heavy atom. The number of nitrogens with one attached hydrogen (secondary N) is 1. The predicted octanol–water partition coefficient (Wildman–Crippen LogP) is 0.106. The Bertz CT molecular complexity index is 112. The van der Waals surface area contributed by atoms with Gasteiger partial charge in [0, 0.05) is 0 Å². The number of likely N-dealkylation sites (N-methyl/N-ethyl adjacent to an activating group) is 1. The van der Waals surface area contributed by atoms with Gasteiger partial charge in [-0.25, -0.2) is 0 Å². The molecule has 0 saturated carbocycles. The summed E-state index contributed by atoms with van der Waals surface area (Å²) in [6, 6.07) is -0.167. The van der Waals surface area contributed by atoms with Crippen LogP contribution in [0.15, 0.2) is 0 Å². The molecule has 0 aromatic heterocycles. The molecule has 0 spiro atoms. The van der Waals surface area contributed by atoms with Gasteiger partial charge in [-0.3, -0.25) is 4.79 Å². The number of amides is 1. The molecule has 0 aliphatic heterocycles. The minimum absolute atomic E-state index is 0.167. The average Bonchev–Trinajstić information content (AvgIpc) is 1.81. The molecule has 3 nitrogen and oxygen atoms in total. The van der Waals surface area contributed by atoms with Crippen molar-refractivity contribution >= 4 is 5.91 Å². The molecule has 0 aromatic rings. The Kier molecular flexibility index (Phi) is 4.03. The van der Waals surface area contributed by atoms with Gasteiger partial charge in [0.25, 0.3) is 0 Å². The van der Waals surface area contributed by atoms with Crippen LogP contribution in [-0.2, 0) is 4.79 Å². The molecular formula is C7H16N2O. The fourth-order valence-corrected chi connectivity index (χ4v) is 0.848. The van der Waals surface area contributed by atoms with E-state index in [1.54, 1.807) is 7.05 Å². The Morgan fingerprint density at radius 1 is 1.60 bits per heavy atom. The van der Waals surface area contributed by atoms with Crippen LogP contribution >= 0.6 is 0 Å². The number of rotatable bonds is 4. The van der Waals surface area contributed by atoms with E-state index in [-0.39, 0.29) is 11.9 Å². The highest BCUT2D eigenvalue weighted by Gasteiger charge is 2.13. The third kappa shape index (κ3) is 3.45. The van der Waals surface area contributed by atoms with Crippen molar-refractivity contribution in [1.29, 1.82) is 0 Å². The molecule has 3 heteroatoms. The standard InChI is InChI=1S/C7H16N2O/c1-5(2)4-6(9-3)7(8)10/h5-6,9H,4H2,1-3H3,(H2,8,10)/t6-/m1/s1. The van der Waals surface area contributed by atoms with Gasteiger partial charge >= 0.3 is 0 Å². The molecule has 1 amide bonds. The van der Waals surface area contributed by atoms with Gasteiger partial charge in [-0.1, -0.05) is 13.8 Å². The molecule has 0 aliphatic rings. The van der Waals surface area contributed by atoms with Crippen LogP contribution in [0, 0.1) is 5.92 Å². The minimum atomic E-state index is -0.267. The van der Waals surface area contributed by atoms with Crippen LogP contribution in [-0.4, -0.2) is 19.0 Å². The summed E-state index contributed by atoms with van der Waals surface area (Å²) in [7, 11) is 1.75. The van der Waals surface area contributed by atoms with E-state index in [0.717, 1.165) is 6.42 Å². The van der Waals surface area contributed by atoms with Crippen molar-refractivity contribution in [2.45, 2.75) is 26.3 Å². The summed E-state index contributed by atoms with van der Waals surface area (Å²) in [4.78, 5) is 10.6. The molecule has 1 atom stereocenters. The first-order chi connectivity index (χ1) is 4.57. The third-order valence-corrected chi connectivity index (χ3v) is 1.40. The number of nitrogens with two attached hydrogens (primary N) is 1. The maximum Gasteiger partial charge on any atom is 0.234 e. The van der Waals surface area contributed by atoms with E-state index in [4.69, 9.17) is 5.73 Å². The van der Waals surface area contributed by atoms with E-state index in [2.05, 4.69) is 19.2 Å². The van der Waals surface area contributed by atoms with Crippen molar-refractivity contribution in [3.8, 4) is 0 Å². The molecule has 0 unspecified atom stereocenters. The SMILES string of the molecule is CN[C@H](CC(C)C)C(N)=O. The van der Waals surface area contributed by atoms with Crippen LogP contribution in [0.5, 0.6) is 0 Å². The normalized spacial score (nSPS) is 13.6. The molecule has 3 N–H and O–H groups in total. The fraction of sp³-hybridized carbons (Fsp3) is 0.857. The highest BCUT2D eigenvalue weighted by molar-refractivity contribution is 5.79. The van der Waals surface area contributed by atoms with Crippen molar-refractivity contribution < 1.29 is 4.79 Å². The highest BCUT2D eigenvalue weighted by Crippen LogP contribution is 2.02. The van der Waals surface area contributed by atoms with Gasteiger partial charge in [0.15, 0.2) is 0 Å². The van der Waals surface area contributed by atoms with Gasteiger partial charge in [-0.15, -0.1) is 0 Å². The van der Waals surface area contributed by atoms with Crippen LogP contribution in [0.2, 0.25) is 0 Å². The van der Waals surface area contributed by atoms with Gasteiger partial charge < -0.3 is 11.1 Å². The van der Waals surface area contributed by atoms with E-state index in [9.17, 15) is 4.79 Å². The topological polar surface area (TPSA) is 55.1 Å². The zero-order valence-corrected chi connectivity index (χ0v) is 6.85. The van der Waals surface area contributed by atoms with Gasteiger partial charge in [0.05, 0.1) is 6.04 Å². The molecule has 0 aromatic carbocycles. The van der Waals surface area contributed by atoms with Gasteiger partial charge in [0.1, 0.15) is 0 Å². The largest absolute Gasteiger partial charge is 0.368 e. The first-order valence-corrected chi connectivity index (χ1v) is 3.54. The predicted molar refractivity (Wildman–Crippen MR) is 41.5 cm³/mol. The van der Waals surface area contributed by atoms with Gasteiger partial charge in [-0.2, -0.15) is 0 Å². The summed E-state index contributed by atoms with van der Waals surface area (Å²) >= 11 is 0. The van der Waals surface area contributed by atoms with E-state index >= 15 is 0 Å². The average molecular weight is 144 g/mol. The molecule has 0 fully saturated rings. The van der Waals surface area contributed by atoms with Gasteiger partial charge in [-0.05, 0) is 19.4 Å². The van der Waals surface area contributed by atoms with Gasteiger partial charge in [0.2, 0.25) is 5.91 Å². The lowest BCUT2D eigenvalue weighted by atomic mass is 10.0. The molecule has 0 radical (unpaired) electrons. The van der Waals surface area contributed by atoms with Crippen LogP contribution in [0.4, 0.5) is 0 Å². The second kappa shape index (κ2) is 4.28. The molecule has 60 valence electrons. The van der Waals surface area contributed by atoms with Crippen molar-refractivity contribution in [3.63, 3.8) is 0 Å². The van der Waals surface area contributed by atoms with Crippen molar-refractivity contribution in [1.82, 2.24) is 5.32 Å². The van der Waals surface area contributed by atoms with Crippen LogP contribution < -0.4 is 11.1 Å². The molecular weight excluding hydrogens is 128 g/mol. The first-order valence-electron chi connectivity index (χ1n) is 3.54. The molecule has 0 rings (SSSR count). The monoisotopic (exact) mass is 144 g/mol. The molecule has 0 bridgehead atoms. The molecule has 10 heavy (non-hydrogen) atoms. The number of carbonyl (C=O) groups is 1. The molecule has 0 aliphatic carbocycles. The smallest absolute Gasteiger partial charge is 0.234 e. The quantitative estimate of drug-likeness (QED) is 0.588. The van der Waals surface area contributed by atoms with Crippen LogP contribution in [0.1, 0.15) is 20.3 Å². The summed E-state index contributed by atoms with van der Waals surface area (Å²) in [5.74, 6) is 0.237. The summed E-state index contributed by atoms with van der Waals surface area (Å²) in [6.45, 7) is 4.13. The summed E-state index contributed by atoms with van der Waals surface area (Å²) in [5.41, 5.74) is 5.09. The Morgan fingerprint density at radius 2 is 2.10 bits per heavy atom. The zero-order chi connectivity index (χ0) is 8.15. The number of hydrogen-bond acceptors (Lipinski definition) is 2. The van der Waals surface area contributed by atoms with Crippen molar-refractivity contribution in [3.05, 3.63) is 0 Å². The Balaban J connectivity index is 3.72. The van der Waals surface area contributed by atoms with Crippen LogP contribution in [0.3, 0.4) is 0 Å². The number of primary amides is 1. The van der Waals surface area contributed by atoms with Crippen LogP contribution in [0.25, 0.3) is 0 Å². The van der Waals surface area contributed by atoms with E-state index < -0.39 is 0 Å². The Labute approximate surface area is 62.0 Å². The van der Waals surface area contributed by atoms with E-state index in [1.807, 2.05) is 0 Å².